The summed E-state index contributed by atoms with van der Waals surface area (Å²) >= 11 is 0. The average Bonchev–Trinajstić information content (AvgIpc) is 2.61. The maximum Gasteiger partial charge on any atom is 0.221 e. The van der Waals surface area contributed by atoms with Gasteiger partial charge in [0.1, 0.15) is 0 Å². The first kappa shape index (κ1) is 9.80. The predicted molar refractivity (Wildman–Crippen MR) is 49.0 cm³/mol. The van der Waals surface area contributed by atoms with Crippen LogP contribution in [0.3, 0.4) is 0 Å². The molecule has 2 N–H and O–H groups in total. The van der Waals surface area contributed by atoms with E-state index in [2.05, 4.69) is 5.32 Å². The molecule has 0 atom stereocenters. The largest absolute Gasteiger partial charge is 0.392 e. The Kier molecular flexibility index (Phi) is 3.52. The van der Waals surface area contributed by atoms with Gasteiger partial charge in [0, 0.05) is 32.4 Å². The molecule has 0 aromatic carbocycles. The van der Waals surface area contributed by atoms with Crippen LogP contribution in [0.25, 0.3) is 0 Å². The predicted octanol–water partition coefficient (Wildman–Crippen LogP) is 0.116. The number of carbonyl (C=O) groups excluding carboxylic acids is 1. The van der Waals surface area contributed by atoms with Crippen LogP contribution in [0.4, 0.5) is 0 Å². The Bertz CT molecular complexity index is 281. The first-order chi connectivity index (χ1) is 6.26. The molecule has 1 heterocycles. The van der Waals surface area contributed by atoms with E-state index in [0.29, 0.717) is 13.0 Å². The second-order valence-electron chi connectivity index (χ2n) is 2.84. The zero-order valence-corrected chi connectivity index (χ0v) is 7.66. The number of aliphatic hydroxyl groups excluding tert-OH is 1. The Morgan fingerprint density at radius 1 is 1.69 bits per heavy atom. The molecule has 13 heavy (non-hydrogen) atoms. The van der Waals surface area contributed by atoms with Crippen molar-refractivity contribution in [3.05, 3.63) is 24.0 Å². The summed E-state index contributed by atoms with van der Waals surface area (Å²) in [5, 5.41) is 11.3. The van der Waals surface area contributed by atoms with E-state index in [1.165, 1.54) is 0 Å². The van der Waals surface area contributed by atoms with Crippen LogP contribution in [0.2, 0.25) is 0 Å². The van der Waals surface area contributed by atoms with Gasteiger partial charge >= 0.3 is 0 Å². The Morgan fingerprint density at radius 2 is 2.46 bits per heavy atom. The van der Waals surface area contributed by atoms with Crippen molar-refractivity contribution in [1.82, 2.24) is 9.88 Å². The highest BCUT2D eigenvalue weighted by Gasteiger charge is 1.99. The minimum atomic E-state index is 0.0271. The van der Waals surface area contributed by atoms with Crippen LogP contribution in [-0.2, 0) is 17.9 Å². The lowest BCUT2D eigenvalue weighted by atomic mass is 10.4. The van der Waals surface area contributed by atoms with Gasteiger partial charge in [0.25, 0.3) is 0 Å². The van der Waals surface area contributed by atoms with Gasteiger partial charge < -0.3 is 15.0 Å². The number of aliphatic hydroxyl groups is 1. The molecule has 4 nitrogen and oxygen atoms in total. The third-order valence-electron chi connectivity index (χ3n) is 1.87. The van der Waals surface area contributed by atoms with Crippen molar-refractivity contribution in [2.24, 2.45) is 0 Å². The second kappa shape index (κ2) is 4.67. The van der Waals surface area contributed by atoms with E-state index in [9.17, 15) is 4.79 Å². The Labute approximate surface area is 77.2 Å². The molecule has 0 aliphatic heterocycles. The molecule has 1 aromatic heterocycles. The van der Waals surface area contributed by atoms with Crippen molar-refractivity contribution in [2.75, 3.05) is 7.05 Å². The van der Waals surface area contributed by atoms with E-state index >= 15 is 0 Å². The van der Waals surface area contributed by atoms with Gasteiger partial charge in [-0.3, -0.25) is 4.79 Å². The molecule has 0 aliphatic carbocycles. The van der Waals surface area contributed by atoms with Crippen molar-refractivity contribution >= 4 is 5.91 Å². The quantitative estimate of drug-likeness (QED) is 0.694. The number of aromatic nitrogens is 1. The number of amides is 1. The lowest BCUT2D eigenvalue weighted by molar-refractivity contribution is -0.120. The maximum atomic E-state index is 10.9. The SMILES string of the molecule is CNC(=O)CCn1ccc(CO)c1. The summed E-state index contributed by atoms with van der Waals surface area (Å²) in [6, 6.07) is 1.84. The summed E-state index contributed by atoms with van der Waals surface area (Å²) in [5.74, 6) is 0.0271. The molecule has 0 fully saturated rings. The molecule has 72 valence electrons. The lowest BCUT2D eigenvalue weighted by Crippen LogP contribution is -2.19. The number of carbonyl (C=O) groups is 1. The smallest absolute Gasteiger partial charge is 0.221 e. The van der Waals surface area contributed by atoms with Crippen molar-refractivity contribution < 1.29 is 9.90 Å². The number of rotatable bonds is 4. The molecular formula is C9H14N2O2. The van der Waals surface area contributed by atoms with Gasteiger partial charge in [-0.2, -0.15) is 0 Å². The first-order valence-electron chi connectivity index (χ1n) is 4.22. The zero-order valence-electron chi connectivity index (χ0n) is 7.66. The fraction of sp³-hybridized carbons (Fsp3) is 0.444. The summed E-state index contributed by atoms with van der Waals surface area (Å²) in [6.45, 7) is 0.701. The summed E-state index contributed by atoms with van der Waals surface area (Å²) in [4.78, 5) is 10.9. The van der Waals surface area contributed by atoms with Crippen molar-refractivity contribution in [1.29, 1.82) is 0 Å². The molecule has 1 rings (SSSR count). The van der Waals surface area contributed by atoms with E-state index in [1.54, 1.807) is 7.05 Å². The van der Waals surface area contributed by atoms with Gasteiger partial charge in [-0.1, -0.05) is 0 Å². The summed E-state index contributed by atoms with van der Waals surface area (Å²) < 4.78 is 1.89. The van der Waals surface area contributed by atoms with Crippen molar-refractivity contribution in [3.63, 3.8) is 0 Å². The van der Waals surface area contributed by atoms with Crippen LogP contribution in [0.15, 0.2) is 18.5 Å². The third kappa shape index (κ3) is 2.91. The van der Waals surface area contributed by atoms with Crippen molar-refractivity contribution in [3.8, 4) is 0 Å². The zero-order chi connectivity index (χ0) is 9.68. The van der Waals surface area contributed by atoms with Gasteiger partial charge in [0.05, 0.1) is 6.61 Å². The molecule has 0 aliphatic rings. The molecule has 0 unspecified atom stereocenters. The van der Waals surface area contributed by atoms with Crippen LogP contribution in [0.5, 0.6) is 0 Å². The van der Waals surface area contributed by atoms with E-state index in [-0.39, 0.29) is 12.5 Å². The van der Waals surface area contributed by atoms with E-state index in [4.69, 9.17) is 5.11 Å². The van der Waals surface area contributed by atoms with Gasteiger partial charge in [-0.15, -0.1) is 0 Å². The molecular weight excluding hydrogens is 168 g/mol. The number of nitrogens with zero attached hydrogens (tertiary/aromatic N) is 1. The second-order valence-corrected chi connectivity index (χ2v) is 2.84. The molecule has 0 saturated carbocycles. The minimum absolute atomic E-state index is 0.0271. The molecule has 1 aromatic rings. The molecule has 0 saturated heterocycles. The molecule has 0 bridgehead atoms. The van der Waals surface area contributed by atoms with E-state index in [1.807, 2.05) is 23.0 Å². The monoisotopic (exact) mass is 182 g/mol. The highest BCUT2D eigenvalue weighted by molar-refractivity contribution is 5.75. The van der Waals surface area contributed by atoms with Crippen LogP contribution in [-0.4, -0.2) is 22.6 Å². The number of nitrogens with one attached hydrogen (secondary N) is 1. The molecule has 0 radical (unpaired) electrons. The highest BCUT2D eigenvalue weighted by atomic mass is 16.3. The fourth-order valence-corrected chi connectivity index (χ4v) is 1.08. The topological polar surface area (TPSA) is 54.3 Å². The summed E-state index contributed by atoms with van der Waals surface area (Å²) in [6.07, 6.45) is 4.16. The highest BCUT2D eigenvalue weighted by Crippen LogP contribution is 2.01. The number of hydrogen-bond donors (Lipinski definition) is 2. The van der Waals surface area contributed by atoms with Gasteiger partial charge in [-0.25, -0.2) is 0 Å². The average molecular weight is 182 g/mol. The fourth-order valence-electron chi connectivity index (χ4n) is 1.08. The Balaban J connectivity index is 2.41. The number of hydrogen-bond acceptors (Lipinski definition) is 2. The molecule has 1 amide bonds. The van der Waals surface area contributed by atoms with Crippen LogP contribution < -0.4 is 5.32 Å². The summed E-state index contributed by atoms with van der Waals surface area (Å²) in [7, 11) is 1.62. The van der Waals surface area contributed by atoms with E-state index in [0.717, 1.165) is 5.56 Å². The third-order valence-corrected chi connectivity index (χ3v) is 1.87. The van der Waals surface area contributed by atoms with E-state index < -0.39 is 0 Å². The van der Waals surface area contributed by atoms with Gasteiger partial charge in [0.2, 0.25) is 5.91 Å². The lowest BCUT2D eigenvalue weighted by Gasteiger charge is -2.01. The standard InChI is InChI=1S/C9H14N2O2/c1-10-9(13)3-5-11-4-2-8(6-11)7-12/h2,4,6,12H,3,5,7H2,1H3,(H,10,13). The van der Waals surface area contributed by atoms with Crippen LogP contribution >= 0.6 is 0 Å². The maximum absolute atomic E-state index is 10.9. The van der Waals surface area contributed by atoms with Gasteiger partial charge in [0.15, 0.2) is 0 Å². The molecule has 4 heteroatoms. The normalized spacial score (nSPS) is 10.0. The minimum Gasteiger partial charge on any atom is -0.392 e. The van der Waals surface area contributed by atoms with Crippen LogP contribution in [0, 0.1) is 0 Å². The first-order valence-corrected chi connectivity index (χ1v) is 4.22. The Hall–Kier alpha value is -1.29. The summed E-state index contributed by atoms with van der Waals surface area (Å²) in [5.41, 5.74) is 0.872. The van der Waals surface area contributed by atoms with Crippen LogP contribution in [0.1, 0.15) is 12.0 Å². The number of aryl methyl sites for hydroxylation is 1. The molecule has 0 spiro atoms. The van der Waals surface area contributed by atoms with Gasteiger partial charge in [-0.05, 0) is 11.6 Å². The Morgan fingerprint density at radius 3 is 3.00 bits per heavy atom. The van der Waals surface area contributed by atoms with Crippen molar-refractivity contribution in [2.45, 2.75) is 19.6 Å².